The van der Waals surface area contributed by atoms with Gasteiger partial charge < -0.3 is 9.47 Å². The molecule has 0 aliphatic heterocycles. The van der Waals surface area contributed by atoms with Crippen LogP contribution < -0.4 is 4.74 Å². The van der Waals surface area contributed by atoms with Gasteiger partial charge in [0.15, 0.2) is 6.61 Å². The molecule has 0 amide bonds. The highest BCUT2D eigenvalue weighted by Gasteiger charge is 2.28. The second-order valence-electron chi connectivity index (χ2n) is 4.61. The molecule has 122 valence electrons. The van der Waals surface area contributed by atoms with E-state index >= 15 is 0 Å². The molecule has 7 heteroatoms. The van der Waals surface area contributed by atoms with Crippen LogP contribution in [0, 0.1) is 0 Å². The third-order valence-electron chi connectivity index (χ3n) is 2.78. The lowest BCUT2D eigenvalue weighted by Crippen LogP contribution is -2.19. The van der Waals surface area contributed by atoms with Crippen LogP contribution in [0.3, 0.4) is 0 Å². The number of rotatable bonds is 5. The van der Waals surface area contributed by atoms with Crippen LogP contribution >= 0.6 is 11.6 Å². The number of ether oxygens (including phenoxy) is 2. The molecule has 0 spiro atoms. The Kier molecular flexibility index (Phi) is 5.50. The van der Waals surface area contributed by atoms with Gasteiger partial charge in [-0.1, -0.05) is 41.9 Å². The maximum Gasteiger partial charge on any atom is 0.422 e. The van der Waals surface area contributed by atoms with Crippen LogP contribution in [0.2, 0.25) is 5.02 Å². The number of hydrogen-bond acceptors (Lipinski definition) is 3. The standard InChI is InChI=1S/C16H12ClF3O3/c17-14-8-12(23-10-16(18,19)20)6-7-13(14)15(21)22-9-11-4-2-1-3-5-11/h1-8H,9-10H2. The van der Waals surface area contributed by atoms with Crippen molar-refractivity contribution in [3.63, 3.8) is 0 Å². The Morgan fingerprint density at radius 2 is 1.78 bits per heavy atom. The van der Waals surface area contributed by atoms with Crippen molar-refractivity contribution in [3.05, 3.63) is 64.7 Å². The Labute approximate surface area is 135 Å². The average molecular weight is 345 g/mol. The van der Waals surface area contributed by atoms with Gasteiger partial charge in [-0.3, -0.25) is 0 Å². The molecule has 0 fully saturated rings. The van der Waals surface area contributed by atoms with Crippen LogP contribution in [0.15, 0.2) is 48.5 Å². The van der Waals surface area contributed by atoms with E-state index in [4.69, 9.17) is 16.3 Å². The first kappa shape index (κ1) is 17.1. The van der Waals surface area contributed by atoms with Gasteiger partial charge in [-0.25, -0.2) is 4.79 Å². The fraction of sp³-hybridized carbons (Fsp3) is 0.188. The third-order valence-corrected chi connectivity index (χ3v) is 3.09. The number of carbonyl (C=O) groups is 1. The van der Waals surface area contributed by atoms with E-state index in [2.05, 4.69) is 4.74 Å². The SMILES string of the molecule is O=C(OCc1ccccc1)c1ccc(OCC(F)(F)F)cc1Cl. The Bertz CT molecular complexity index is 672. The monoisotopic (exact) mass is 344 g/mol. The Morgan fingerprint density at radius 1 is 1.09 bits per heavy atom. The second kappa shape index (κ2) is 7.37. The third kappa shape index (κ3) is 5.49. The van der Waals surface area contributed by atoms with Crippen molar-refractivity contribution in [2.24, 2.45) is 0 Å². The molecular weight excluding hydrogens is 333 g/mol. The number of alkyl halides is 3. The molecule has 2 rings (SSSR count). The first-order valence-electron chi connectivity index (χ1n) is 6.55. The number of halogens is 4. The summed E-state index contributed by atoms with van der Waals surface area (Å²) in [5.41, 5.74) is 0.865. The van der Waals surface area contributed by atoms with Crippen LogP contribution in [0.5, 0.6) is 5.75 Å². The van der Waals surface area contributed by atoms with E-state index in [0.717, 1.165) is 11.6 Å². The van der Waals surface area contributed by atoms with Crippen molar-refractivity contribution in [1.29, 1.82) is 0 Å². The van der Waals surface area contributed by atoms with Crippen LogP contribution in [0.4, 0.5) is 13.2 Å². The van der Waals surface area contributed by atoms with Crippen molar-refractivity contribution < 1.29 is 27.4 Å². The van der Waals surface area contributed by atoms with Gasteiger partial charge in [0.1, 0.15) is 12.4 Å². The summed E-state index contributed by atoms with van der Waals surface area (Å²) >= 11 is 5.89. The van der Waals surface area contributed by atoms with Crippen molar-refractivity contribution in [2.45, 2.75) is 12.8 Å². The predicted octanol–water partition coefficient (Wildman–Crippen LogP) is 4.64. The van der Waals surface area contributed by atoms with Crippen molar-refractivity contribution in [3.8, 4) is 5.75 Å². The molecule has 0 saturated heterocycles. The molecule has 2 aromatic carbocycles. The summed E-state index contributed by atoms with van der Waals surface area (Å²) in [4.78, 5) is 11.9. The predicted molar refractivity (Wildman–Crippen MR) is 78.6 cm³/mol. The molecule has 0 aliphatic carbocycles. The van der Waals surface area contributed by atoms with E-state index in [9.17, 15) is 18.0 Å². The molecule has 0 aromatic heterocycles. The van der Waals surface area contributed by atoms with Crippen LogP contribution in [-0.2, 0) is 11.3 Å². The van der Waals surface area contributed by atoms with E-state index in [0.29, 0.717) is 0 Å². The van der Waals surface area contributed by atoms with Crippen molar-refractivity contribution in [2.75, 3.05) is 6.61 Å². The molecular formula is C16H12ClF3O3. The molecule has 0 N–H and O–H groups in total. The molecule has 0 aliphatic rings. The number of carbonyl (C=O) groups excluding carboxylic acids is 1. The normalized spacial score (nSPS) is 11.1. The summed E-state index contributed by atoms with van der Waals surface area (Å²) in [5.74, 6) is -0.742. The summed E-state index contributed by atoms with van der Waals surface area (Å²) in [6.07, 6.45) is -4.44. The number of benzene rings is 2. The van der Waals surface area contributed by atoms with E-state index in [1.807, 2.05) is 18.2 Å². The largest absolute Gasteiger partial charge is 0.484 e. The fourth-order valence-electron chi connectivity index (χ4n) is 1.72. The highest BCUT2D eigenvalue weighted by Crippen LogP contribution is 2.25. The van der Waals surface area contributed by atoms with Crippen molar-refractivity contribution in [1.82, 2.24) is 0 Å². The Morgan fingerprint density at radius 3 is 2.39 bits per heavy atom. The minimum atomic E-state index is -4.44. The maximum absolute atomic E-state index is 12.1. The van der Waals surface area contributed by atoms with Gasteiger partial charge in [0.25, 0.3) is 0 Å². The lowest BCUT2D eigenvalue weighted by molar-refractivity contribution is -0.153. The van der Waals surface area contributed by atoms with Gasteiger partial charge in [0.05, 0.1) is 10.6 Å². The first-order chi connectivity index (χ1) is 10.8. The molecule has 0 heterocycles. The molecule has 0 atom stereocenters. The maximum atomic E-state index is 12.1. The van der Waals surface area contributed by atoms with E-state index in [1.165, 1.54) is 12.1 Å². The van der Waals surface area contributed by atoms with Gasteiger partial charge in [0, 0.05) is 0 Å². The molecule has 0 saturated carbocycles. The zero-order valence-corrected chi connectivity index (χ0v) is 12.5. The van der Waals surface area contributed by atoms with Gasteiger partial charge in [-0.05, 0) is 23.8 Å². The zero-order valence-electron chi connectivity index (χ0n) is 11.8. The summed E-state index contributed by atoms with van der Waals surface area (Å²) in [5, 5.41) is -0.0391. The summed E-state index contributed by atoms with van der Waals surface area (Å²) in [7, 11) is 0. The van der Waals surface area contributed by atoms with Crippen molar-refractivity contribution >= 4 is 17.6 Å². The van der Waals surface area contributed by atoms with Gasteiger partial charge in [-0.15, -0.1) is 0 Å². The van der Waals surface area contributed by atoms with Crippen LogP contribution in [0.1, 0.15) is 15.9 Å². The highest BCUT2D eigenvalue weighted by molar-refractivity contribution is 6.33. The molecule has 3 nitrogen and oxygen atoms in total. The molecule has 2 aromatic rings. The van der Waals surface area contributed by atoms with Gasteiger partial charge >= 0.3 is 12.1 Å². The summed E-state index contributed by atoms with van der Waals surface area (Å²) in [6, 6.07) is 12.7. The highest BCUT2D eigenvalue weighted by atomic mass is 35.5. The molecule has 23 heavy (non-hydrogen) atoms. The molecule has 0 radical (unpaired) electrons. The minimum absolute atomic E-state index is 0.0391. The van der Waals surface area contributed by atoms with Gasteiger partial charge in [0.2, 0.25) is 0 Å². The minimum Gasteiger partial charge on any atom is -0.484 e. The van der Waals surface area contributed by atoms with Gasteiger partial charge in [-0.2, -0.15) is 13.2 Å². The van der Waals surface area contributed by atoms with Crippen LogP contribution in [0.25, 0.3) is 0 Å². The topological polar surface area (TPSA) is 35.5 Å². The lowest BCUT2D eigenvalue weighted by atomic mass is 10.2. The first-order valence-corrected chi connectivity index (χ1v) is 6.93. The quantitative estimate of drug-likeness (QED) is 0.741. The summed E-state index contributed by atoms with van der Waals surface area (Å²) < 4.78 is 45.9. The zero-order chi connectivity index (χ0) is 16.9. The average Bonchev–Trinajstić information content (AvgIpc) is 2.51. The smallest absolute Gasteiger partial charge is 0.422 e. The van der Waals surface area contributed by atoms with E-state index in [1.54, 1.807) is 12.1 Å². The molecule has 0 unspecified atom stereocenters. The number of esters is 1. The van der Waals surface area contributed by atoms with Crippen LogP contribution in [-0.4, -0.2) is 18.8 Å². The fourth-order valence-corrected chi connectivity index (χ4v) is 1.96. The summed E-state index contributed by atoms with van der Waals surface area (Å²) in [6.45, 7) is -1.36. The molecule has 0 bridgehead atoms. The number of hydrogen-bond donors (Lipinski definition) is 0. The lowest BCUT2D eigenvalue weighted by Gasteiger charge is -2.11. The van der Waals surface area contributed by atoms with E-state index < -0.39 is 18.8 Å². The second-order valence-corrected chi connectivity index (χ2v) is 5.01. The van der Waals surface area contributed by atoms with E-state index in [-0.39, 0.29) is 22.9 Å². The Balaban J connectivity index is 1.98. The Hall–Kier alpha value is -2.21.